The number of ether oxygens (including phenoxy) is 1. The number of furan rings is 1. The second-order valence-corrected chi connectivity index (χ2v) is 7.20. The van der Waals surface area contributed by atoms with Gasteiger partial charge in [-0.1, -0.05) is 42.5 Å². The largest absolute Gasteiger partial charge is 0.469 e. The molecule has 0 aliphatic heterocycles. The van der Waals surface area contributed by atoms with Crippen molar-refractivity contribution in [3.8, 4) is 0 Å². The maximum Gasteiger partial charge on any atom is 0.309 e. The summed E-state index contributed by atoms with van der Waals surface area (Å²) in [5.74, 6) is 0.413. The molecule has 2 aromatic carbocycles. The van der Waals surface area contributed by atoms with Crippen LogP contribution in [0.5, 0.6) is 0 Å². The Morgan fingerprint density at radius 1 is 1.00 bits per heavy atom. The number of carbonyl (C=O) groups excluding carboxylic acids is 1. The van der Waals surface area contributed by atoms with E-state index in [0.717, 1.165) is 25.4 Å². The fourth-order valence-electron chi connectivity index (χ4n) is 3.66. The van der Waals surface area contributed by atoms with Crippen molar-refractivity contribution in [2.24, 2.45) is 5.92 Å². The molecule has 0 radical (unpaired) electrons. The predicted octanol–water partition coefficient (Wildman–Crippen LogP) is 3.30. The number of hydrogen-bond acceptors (Lipinski definition) is 3. The number of hydrogen-bond donors (Lipinski definition) is 1. The van der Waals surface area contributed by atoms with Crippen LogP contribution in [0.3, 0.4) is 0 Å². The third kappa shape index (κ3) is 5.23. The highest BCUT2D eigenvalue weighted by atomic mass is 16.5. The number of fused-ring (bicyclic) bond motifs is 1. The fraction of sp³-hybridized carbons (Fsp3) is 0.375. The molecule has 148 valence electrons. The Labute approximate surface area is 167 Å². The van der Waals surface area contributed by atoms with Crippen molar-refractivity contribution in [3.05, 3.63) is 72.2 Å². The van der Waals surface area contributed by atoms with Crippen molar-refractivity contribution in [2.45, 2.75) is 26.7 Å². The zero-order valence-corrected chi connectivity index (χ0v) is 16.8. The average molecular weight is 381 g/mol. The highest BCUT2D eigenvalue weighted by Gasteiger charge is 2.23. The van der Waals surface area contributed by atoms with E-state index >= 15 is 0 Å². The quantitative estimate of drug-likeness (QED) is 0.549. The van der Waals surface area contributed by atoms with Gasteiger partial charge in [0.2, 0.25) is 0 Å². The molecule has 4 heteroatoms. The van der Waals surface area contributed by atoms with Gasteiger partial charge in [0, 0.05) is 6.42 Å². The predicted molar refractivity (Wildman–Crippen MR) is 111 cm³/mol. The van der Waals surface area contributed by atoms with E-state index in [9.17, 15) is 4.79 Å². The van der Waals surface area contributed by atoms with E-state index in [1.165, 1.54) is 21.2 Å². The van der Waals surface area contributed by atoms with Gasteiger partial charge in [-0.15, -0.1) is 0 Å². The van der Waals surface area contributed by atoms with Crippen molar-refractivity contribution in [1.29, 1.82) is 0 Å². The lowest BCUT2D eigenvalue weighted by atomic mass is 9.92. The van der Waals surface area contributed by atoms with Gasteiger partial charge in [0.25, 0.3) is 0 Å². The molecule has 1 N–H and O–H groups in total. The van der Waals surface area contributed by atoms with E-state index in [0.29, 0.717) is 19.4 Å². The number of rotatable bonds is 10. The first-order valence-electron chi connectivity index (χ1n) is 10.2. The molecule has 0 aliphatic rings. The summed E-state index contributed by atoms with van der Waals surface area (Å²) < 4.78 is 11.2. The topological polar surface area (TPSA) is 43.9 Å². The molecule has 1 aromatic heterocycles. The number of esters is 1. The van der Waals surface area contributed by atoms with Gasteiger partial charge in [0.1, 0.15) is 18.9 Å². The van der Waals surface area contributed by atoms with Crippen LogP contribution in [0.15, 0.2) is 65.3 Å². The highest BCUT2D eigenvalue weighted by molar-refractivity contribution is 5.86. The zero-order valence-electron chi connectivity index (χ0n) is 16.8. The average Bonchev–Trinajstić information content (AvgIpc) is 3.24. The van der Waals surface area contributed by atoms with Gasteiger partial charge in [-0.3, -0.25) is 4.79 Å². The molecular formula is C24H30NO3+. The lowest BCUT2D eigenvalue weighted by molar-refractivity contribution is -0.896. The second kappa shape index (κ2) is 10.1. The lowest BCUT2D eigenvalue weighted by Crippen LogP contribution is -3.11. The van der Waals surface area contributed by atoms with E-state index < -0.39 is 0 Å². The van der Waals surface area contributed by atoms with Crippen molar-refractivity contribution >= 4 is 16.7 Å². The van der Waals surface area contributed by atoms with E-state index in [2.05, 4.69) is 44.2 Å². The monoisotopic (exact) mass is 380 g/mol. The summed E-state index contributed by atoms with van der Waals surface area (Å²) in [4.78, 5) is 14.3. The van der Waals surface area contributed by atoms with E-state index in [1.807, 2.05) is 24.3 Å². The number of carbonyl (C=O) groups is 1. The highest BCUT2D eigenvalue weighted by Crippen LogP contribution is 2.24. The van der Waals surface area contributed by atoms with Crippen LogP contribution < -0.4 is 4.90 Å². The molecule has 0 bridgehead atoms. The molecule has 1 heterocycles. The van der Waals surface area contributed by atoms with E-state index in [1.54, 1.807) is 6.26 Å². The fourth-order valence-corrected chi connectivity index (χ4v) is 3.66. The minimum absolute atomic E-state index is 0.143. The number of nitrogens with one attached hydrogen (secondary N) is 1. The molecule has 0 unspecified atom stereocenters. The van der Waals surface area contributed by atoms with Gasteiger partial charge in [-0.05, 0) is 48.7 Å². The summed E-state index contributed by atoms with van der Waals surface area (Å²) in [6.45, 7) is 7.70. The maximum absolute atomic E-state index is 12.9. The van der Waals surface area contributed by atoms with E-state index in [4.69, 9.17) is 9.15 Å². The molecule has 0 saturated carbocycles. The third-order valence-corrected chi connectivity index (χ3v) is 5.41. The Balaban J connectivity index is 1.74. The van der Waals surface area contributed by atoms with Crippen LogP contribution in [0.25, 0.3) is 10.8 Å². The molecule has 28 heavy (non-hydrogen) atoms. The van der Waals surface area contributed by atoms with Gasteiger partial charge in [0.15, 0.2) is 0 Å². The molecule has 3 aromatic rings. The Morgan fingerprint density at radius 2 is 1.79 bits per heavy atom. The molecule has 0 amide bonds. The van der Waals surface area contributed by atoms with Crippen LogP contribution in [-0.4, -0.2) is 32.2 Å². The smallest absolute Gasteiger partial charge is 0.309 e. The molecule has 4 nitrogen and oxygen atoms in total. The van der Waals surface area contributed by atoms with Gasteiger partial charge in [-0.2, -0.15) is 0 Å². The van der Waals surface area contributed by atoms with Gasteiger partial charge < -0.3 is 14.1 Å². The van der Waals surface area contributed by atoms with Gasteiger partial charge in [-0.25, -0.2) is 0 Å². The minimum atomic E-state index is -0.261. The van der Waals surface area contributed by atoms with Crippen LogP contribution >= 0.6 is 0 Å². The SMILES string of the molecule is CC[NH+](CC)CCOC(=O)[C@@H](Cc1ccco1)Cc1cccc2ccccc12. The first-order valence-corrected chi connectivity index (χ1v) is 10.2. The molecule has 0 spiro atoms. The Bertz CT molecular complexity index is 863. The Morgan fingerprint density at radius 3 is 2.54 bits per heavy atom. The van der Waals surface area contributed by atoms with Crippen molar-refractivity contribution in [3.63, 3.8) is 0 Å². The number of quaternary nitrogens is 1. The van der Waals surface area contributed by atoms with Crippen molar-refractivity contribution < 1.29 is 18.8 Å². The van der Waals surface area contributed by atoms with Crippen molar-refractivity contribution in [2.75, 3.05) is 26.2 Å². The molecule has 0 aliphatic carbocycles. The first-order chi connectivity index (χ1) is 13.7. The van der Waals surface area contributed by atoms with Crippen LogP contribution in [0.2, 0.25) is 0 Å². The molecule has 1 atom stereocenters. The first kappa shape index (κ1) is 20.2. The van der Waals surface area contributed by atoms with E-state index in [-0.39, 0.29) is 11.9 Å². The van der Waals surface area contributed by atoms with Crippen LogP contribution in [0.1, 0.15) is 25.2 Å². The number of likely N-dealkylation sites (N-methyl/N-ethyl adjacent to an activating group) is 1. The summed E-state index contributed by atoms with van der Waals surface area (Å²) in [6, 6.07) is 18.3. The normalized spacial score (nSPS) is 12.4. The maximum atomic E-state index is 12.9. The van der Waals surface area contributed by atoms with Crippen molar-refractivity contribution in [1.82, 2.24) is 0 Å². The summed E-state index contributed by atoms with van der Waals surface area (Å²) in [5.41, 5.74) is 1.17. The zero-order chi connectivity index (χ0) is 19.8. The summed E-state index contributed by atoms with van der Waals surface area (Å²) in [7, 11) is 0. The number of benzene rings is 2. The summed E-state index contributed by atoms with van der Waals surface area (Å²) in [6.07, 6.45) is 2.84. The molecular weight excluding hydrogens is 350 g/mol. The molecule has 0 fully saturated rings. The van der Waals surface area contributed by atoms with Crippen LogP contribution in [0, 0.1) is 5.92 Å². The van der Waals surface area contributed by atoms with Crippen LogP contribution in [-0.2, 0) is 22.4 Å². The van der Waals surface area contributed by atoms with Crippen LogP contribution in [0.4, 0.5) is 0 Å². The Kier molecular flexibility index (Phi) is 7.26. The lowest BCUT2D eigenvalue weighted by Gasteiger charge is -2.18. The summed E-state index contributed by atoms with van der Waals surface area (Å²) >= 11 is 0. The molecule has 0 saturated heterocycles. The van der Waals surface area contributed by atoms with Gasteiger partial charge in [0.05, 0.1) is 25.3 Å². The molecule has 3 rings (SSSR count). The Hall–Kier alpha value is -2.59. The minimum Gasteiger partial charge on any atom is -0.469 e. The second-order valence-electron chi connectivity index (χ2n) is 7.20. The summed E-state index contributed by atoms with van der Waals surface area (Å²) in [5, 5.41) is 2.38. The van der Waals surface area contributed by atoms with Gasteiger partial charge >= 0.3 is 5.97 Å². The standard InChI is InChI=1S/C24H29NO3/c1-3-25(4-2)14-16-28-24(26)21(18-22-12-8-15-27-22)17-20-11-7-10-19-9-5-6-13-23(19)20/h5-13,15,21H,3-4,14,16-18H2,1-2H3/p+1/t21-/m1/s1. The third-order valence-electron chi connectivity index (χ3n) is 5.41.